The third-order valence-electron chi connectivity index (χ3n) is 7.18. The van der Waals surface area contributed by atoms with Crippen LogP contribution < -0.4 is 20.7 Å². The summed E-state index contributed by atoms with van der Waals surface area (Å²) in [4.78, 5) is 54.5. The number of nitrogens with zero attached hydrogens (tertiary/aromatic N) is 1. The summed E-state index contributed by atoms with van der Waals surface area (Å²) in [5, 5.41) is 17.9. The lowest BCUT2D eigenvalue weighted by molar-refractivity contribution is -0.134. The minimum absolute atomic E-state index is 0.137. The molecule has 0 saturated carbocycles. The van der Waals surface area contributed by atoms with Crippen LogP contribution in [0.2, 0.25) is 0 Å². The van der Waals surface area contributed by atoms with Crippen molar-refractivity contribution in [1.82, 2.24) is 20.9 Å². The fourth-order valence-electron chi connectivity index (χ4n) is 4.60. The molecule has 11 heteroatoms. The lowest BCUT2D eigenvalue weighted by atomic mass is 9.94. The second-order valence-corrected chi connectivity index (χ2v) is 10.5. The van der Waals surface area contributed by atoms with E-state index in [1.807, 2.05) is 35.2 Å². The molecular formula is C31H42N4O7. The molecule has 0 radical (unpaired) electrons. The molecule has 1 aliphatic heterocycles. The number of hydrogen-bond acceptors (Lipinski definition) is 8. The van der Waals surface area contributed by atoms with E-state index in [9.17, 15) is 24.3 Å². The number of Topliss-reactive ketones (excluding diaryl/α,β-unsaturated/α-hetero) is 1. The Bertz CT molecular complexity index is 1170. The summed E-state index contributed by atoms with van der Waals surface area (Å²) in [6.45, 7) is 5.32. The minimum Gasteiger partial charge on any atom is -0.497 e. The number of carbonyl (C=O) groups excluding carboxylic acids is 4. The predicted octanol–water partition coefficient (Wildman–Crippen LogP) is 0.484. The summed E-state index contributed by atoms with van der Waals surface area (Å²) in [6, 6.07) is 13.5. The van der Waals surface area contributed by atoms with Gasteiger partial charge >= 0.3 is 0 Å². The standard InChI is InChI=1S/C31H42N4O7/c1-21(20-36)29(38)26(17-23-7-5-4-6-8-23)33-31(40)27(18-24-9-11-25(41-3)12-10-24)34-30(39)22(2)32-28(37)19-35-13-15-42-16-14-35/h4-12,21-22,26-27,36H,13-20H2,1-3H3,(H,32,37)(H,33,40)(H,34,39)/t21-,22-,26+,27+/m1/s1. The Labute approximate surface area is 246 Å². The maximum absolute atomic E-state index is 13.7. The number of ketones is 1. The van der Waals surface area contributed by atoms with Crippen molar-refractivity contribution in [3.63, 3.8) is 0 Å². The van der Waals surface area contributed by atoms with Gasteiger partial charge in [-0.3, -0.25) is 24.1 Å². The van der Waals surface area contributed by atoms with Gasteiger partial charge in [0, 0.05) is 25.4 Å². The third-order valence-corrected chi connectivity index (χ3v) is 7.18. The third kappa shape index (κ3) is 10.2. The van der Waals surface area contributed by atoms with Gasteiger partial charge in [0.2, 0.25) is 17.7 Å². The Hall–Kier alpha value is -3.80. The Kier molecular flexibility index (Phi) is 12.9. The van der Waals surface area contributed by atoms with E-state index < -0.39 is 35.9 Å². The molecule has 2 aromatic carbocycles. The molecule has 228 valence electrons. The molecule has 1 saturated heterocycles. The summed E-state index contributed by atoms with van der Waals surface area (Å²) in [6.07, 6.45) is 0.366. The average molecular weight is 583 g/mol. The smallest absolute Gasteiger partial charge is 0.243 e. The fraction of sp³-hybridized carbons (Fsp3) is 0.484. The van der Waals surface area contributed by atoms with Crippen LogP contribution in [-0.4, -0.2) is 98.2 Å². The SMILES string of the molecule is COc1ccc(C[C@H](NC(=O)[C@@H](C)NC(=O)CN2CCOCC2)C(=O)N[C@@H](Cc2ccccc2)C(=O)[C@H](C)CO)cc1. The zero-order valence-electron chi connectivity index (χ0n) is 24.5. The topological polar surface area (TPSA) is 146 Å². The monoisotopic (exact) mass is 582 g/mol. The van der Waals surface area contributed by atoms with Crippen molar-refractivity contribution in [2.75, 3.05) is 46.6 Å². The van der Waals surface area contributed by atoms with E-state index in [-0.39, 0.29) is 37.7 Å². The van der Waals surface area contributed by atoms with E-state index in [0.29, 0.717) is 32.1 Å². The van der Waals surface area contributed by atoms with Gasteiger partial charge in [0.15, 0.2) is 5.78 Å². The zero-order valence-corrected chi connectivity index (χ0v) is 24.5. The number of methoxy groups -OCH3 is 1. The molecule has 42 heavy (non-hydrogen) atoms. The van der Waals surface area contributed by atoms with Crippen LogP contribution >= 0.6 is 0 Å². The van der Waals surface area contributed by atoms with E-state index in [2.05, 4.69) is 16.0 Å². The number of aliphatic hydroxyl groups excluding tert-OH is 1. The highest BCUT2D eigenvalue weighted by molar-refractivity contribution is 5.95. The first-order chi connectivity index (χ1) is 20.2. The second kappa shape index (κ2) is 16.6. The van der Waals surface area contributed by atoms with Crippen LogP contribution in [0, 0.1) is 5.92 Å². The number of nitrogens with one attached hydrogen (secondary N) is 3. The van der Waals surface area contributed by atoms with Crippen molar-refractivity contribution >= 4 is 23.5 Å². The first-order valence-electron chi connectivity index (χ1n) is 14.2. The van der Waals surface area contributed by atoms with Gasteiger partial charge in [0.25, 0.3) is 0 Å². The van der Waals surface area contributed by atoms with Crippen LogP contribution in [0.25, 0.3) is 0 Å². The number of carbonyl (C=O) groups is 4. The van der Waals surface area contributed by atoms with Crippen LogP contribution in [0.5, 0.6) is 5.75 Å². The fourth-order valence-corrected chi connectivity index (χ4v) is 4.60. The van der Waals surface area contributed by atoms with Gasteiger partial charge in [-0.05, 0) is 36.6 Å². The summed E-state index contributed by atoms with van der Waals surface area (Å²) in [5.74, 6) is -1.74. The lowest BCUT2D eigenvalue weighted by Gasteiger charge is -2.27. The Morgan fingerprint density at radius 3 is 2.07 bits per heavy atom. The van der Waals surface area contributed by atoms with E-state index in [0.717, 1.165) is 11.1 Å². The predicted molar refractivity (Wildman–Crippen MR) is 157 cm³/mol. The van der Waals surface area contributed by atoms with E-state index in [1.54, 1.807) is 45.2 Å². The Morgan fingerprint density at radius 2 is 1.45 bits per heavy atom. The highest BCUT2D eigenvalue weighted by Gasteiger charge is 2.30. The van der Waals surface area contributed by atoms with Crippen LogP contribution in [0.3, 0.4) is 0 Å². The molecule has 1 fully saturated rings. The minimum atomic E-state index is -1.04. The molecule has 0 unspecified atom stereocenters. The van der Waals surface area contributed by atoms with E-state index in [1.165, 1.54) is 0 Å². The number of aliphatic hydroxyl groups is 1. The molecule has 3 rings (SSSR count). The highest BCUT2D eigenvalue weighted by Crippen LogP contribution is 2.14. The van der Waals surface area contributed by atoms with Crippen molar-refractivity contribution in [2.24, 2.45) is 5.92 Å². The zero-order chi connectivity index (χ0) is 30.5. The molecule has 11 nitrogen and oxygen atoms in total. The number of ether oxygens (including phenoxy) is 2. The Morgan fingerprint density at radius 1 is 0.857 bits per heavy atom. The summed E-state index contributed by atoms with van der Waals surface area (Å²) < 4.78 is 10.5. The molecule has 0 aliphatic carbocycles. The van der Waals surface area contributed by atoms with Crippen molar-refractivity contribution in [1.29, 1.82) is 0 Å². The molecule has 4 atom stereocenters. The number of amides is 3. The first kappa shape index (κ1) is 32.7. The molecule has 1 aliphatic rings. The number of benzene rings is 2. The van der Waals surface area contributed by atoms with Gasteiger partial charge in [0.1, 0.15) is 17.8 Å². The number of morpholine rings is 1. The molecule has 0 aromatic heterocycles. The number of hydrogen-bond donors (Lipinski definition) is 4. The molecule has 0 spiro atoms. The van der Waals surface area contributed by atoms with Gasteiger partial charge in [0.05, 0.1) is 39.5 Å². The normalized spacial score (nSPS) is 16.4. The van der Waals surface area contributed by atoms with Crippen molar-refractivity contribution < 1.29 is 33.8 Å². The van der Waals surface area contributed by atoms with Gasteiger partial charge < -0.3 is 30.5 Å². The largest absolute Gasteiger partial charge is 0.497 e. The Balaban J connectivity index is 1.74. The quantitative estimate of drug-likeness (QED) is 0.237. The maximum atomic E-state index is 13.7. The van der Waals surface area contributed by atoms with Crippen LogP contribution in [0.4, 0.5) is 0 Å². The average Bonchev–Trinajstić information content (AvgIpc) is 3.00. The molecule has 1 heterocycles. The number of rotatable bonds is 15. The van der Waals surface area contributed by atoms with Crippen molar-refractivity contribution in [3.8, 4) is 5.75 Å². The second-order valence-electron chi connectivity index (χ2n) is 10.5. The summed E-state index contributed by atoms with van der Waals surface area (Å²) >= 11 is 0. The van der Waals surface area contributed by atoms with Crippen molar-refractivity contribution in [2.45, 2.75) is 44.8 Å². The molecule has 2 aromatic rings. The van der Waals surface area contributed by atoms with Gasteiger partial charge in [-0.2, -0.15) is 0 Å². The van der Waals surface area contributed by atoms with Gasteiger partial charge in [-0.15, -0.1) is 0 Å². The lowest BCUT2D eigenvalue weighted by Crippen LogP contribution is -2.57. The summed E-state index contributed by atoms with van der Waals surface area (Å²) in [5.41, 5.74) is 1.60. The highest BCUT2D eigenvalue weighted by atomic mass is 16.5. The molecular weight excluding hydrogens is 540 g/mol. The van der Waals surface area contributed by atoms with E-state index in [4.69, 9.17) is 9.47 Å². The van der Waals surface area contributed by atoms with Crippen molar-refractivity contribution in [3.05, 3.63) is 65.7 Å². The molecule has 4 N–H and O–H groups in total. The van der Waals surface area contributed by atoms with Gasteiger partial charge in [-0.1, -0.05) is 49.4 Å². The maximum Gasteiger partial charge on any atom is 0.243 e. The summed E-state index contributed by atoms with van der Waals surface area (Å²) in [7, 11) is 1.55. The van der Waals surface area contributed by atoms with Crippen LogP contribution in [0.1, 0.15) is 25.0 Å². The van der Waals surface area contributed by atoms with E-state index >= 15 is 0 Å². The van der Waals surface area contributed by atoms with Gasteiger partial charge in [-0.25, -0.2) is 0 Å². The molecule has 0 bridgehead atoms. The van der Waals surface area contributed by atoms with Crippen LogP contribution in [0.15, 0.2) is 54.6 Å². The first-order valence-corrected chi connectivity index (χ1v) is 14.2. The van der Waals surface area contributed by atoms with Crippen LogP contribution in [-0.2, 0) is 36.8 Å². The molecule has 3 amide bonds.